The fourth-order valence-corrected chi connectivity index (χ4v) is 4.38. The highest BCUT2D eigenvalue weighted by atomic mass is 16.1. The number of carbonyl (C=O) groups is 1. The molecule has 2 aromatic carbocycles. The fourth-order valence-electron chi connectivity index (χ4n) is 4.38. The highest BCUT2D eigenvalue weighted by Crippen LogP contribution is 2.36. The summed E-state index contributed by atoms with van der Waals surface area (Å²) < 4.78 is 2.10. The van der Waals surface area contributed by atoms with Gasteiger partial charge in [0.15, 0.2) is 11.5 Å². The Bertz CT molecular complexity index is 1490. The van der Waals surface area contributed by atoms with Gasteiger partial charge in [-0.15, -0.1) is 0 Å². The van der Waals surface area contributed by atoms with Crippen LogP contribution in [0.25, 0.3) is 28.2 Å². The van der Waals surface area contributed by atoms with Crippen molar-refractivity contribution in [3.8, 4) is 22.5 Å². The van der Waals surface area contributed by atoms with E-state index < -0.39 is 5.91 Å². The van der Waals surface area contributed by atoms with Crippen LogP contribution in [0.5, 0.6) is 0 Å². The van der Waals surface area contributed by atoms with Gasteiger partial charge < -0.3 is 10.6 Å². The van der Waals surface area contributed by atoms with Crippen LogP contribution in [0.3, 0.4) is 0 Å². The summed E-state index contributed by atoms with van der Waals surface area (Å²) in [6.45, 7) is 0.717. The largest absolute Gasteiger partial charge is 0.366 e. The molecule has 7 heteroatoms. The third-order valence-electron chi connectivity index (χ3n) is 6.34. The number of benzene rings is 2. The number of fused-ring (bicyclic) bond motifs is 1. The van der Waals surface area contributed by atoms with Crippen molar-refractivity contribution in [1.29, 1.82) is 0 Å². The quantitative estimate of drug-likeness (QED) is 0.379. The minimum atomic E-state index is -0.442. The number of nitrogens with two attached hydrogens (primary N) is 1. The molecule has 7 nitrogen and oxygen atoms in total. The minimum Gasteiger partial charge on any atom is -0.366 e. The van der Waals surface area contributed by atoms with Crippen LogP contribution in [0.4, 0.5) is 5.82 Å². The van der Waals surface area contributed by atoms with E-state index in [2.05, 4.69) is 32.5 Å². The van der Waals surface area contributed by atoms with Gasteiger partial charge in [0.2, 0.25) is 5.91 Å². The van der Waals surface area contributed by atoms with Crippen LogP contribution < -0.4 is 10.6 Å². The Morgan fingerprint density at radius 3 is 2.46 bits per heavy atom. The Morgan fingerprint density at radius 1 is 0.971 bits per heavy atom. The molecule has 1 fully saturated rings. The number of hydrogen-bond acceptors (Lipinski definition) is 5. The van der Waals surface area contributed by atoms with Crippen molar-refractivity contribution in [3.63, 3.8) is 0 Å². The number of imidazole rings is 1. The monoisotopic (exact) mass is 460 g/mol. The molecular weight excluding hydrogens is 436 g/mol. The first-order valence-electron chi connectivity index (χ1n) is 11.7. The molecule has 172 valence electrons. The maximum Gasteiger partial charge on any atom is 0.248 e. The highest BCUT2D eigenvalue weighted by Gasteiger charge is 2.32. The summed E-state index contributed by atoms with van der Waals surface area (Å²) in [7, 11) is 0. The molecule has 0 spiro atoms. The van der Waals surface area contributed by atoms with Crippen LogP contribution in [0.2, 0.25) is 0 Å². The lowest BCUT2D eigenvalue weighted by atomic mass is 10.1. The standard InChI is InChI=1S/C28H24N6O/c29-26(35)22-10-8-21(9-11-22)25-16-31-27-28(32-24(18-34(25)27)20-6-2-1-3-7-20)33(23-12-13-23)17-19-5-4-14-30-15-19/h1-11,14-16,18,23H,12-13,17H2,(H2,29,35). The van der Waals surface area contributed by atoms with E-state index in [1.54, 1.807) is 18.3 Å². The van der Waals surface area contributed by atoms with Gasteiger partial charge in [0, 0.05) is 47.9 Å². The Balaban J connectivity index is 1.52. The molecule has 0 atom stereocenters. The molecule has 0 bridgehead atoms. The summed E-state index contributed by atoms with van der Waals surface area (Å²) in [5.41, 5.74) is 11.6. The van der Waals surface area contributed by atoms with E-state index in [0.29, 0.717) is 11.6 Å². The van der Waals surface area contributed by atoms with Gasteiger partial charge in [-0.2, -0.15) is 0 Å². The summed E-state index contributed by atoms with van der Waals surface area (Å²) in [4.78, 5) is 28.1. The summed E-state index contributed by atoms with van der Waals surface area (Å²) in [6, 6.07) is 22.0. The molecule has 1 aliphatic rings. The lowest BCUT2D eigenvalue weighted by Crippen LogP contribution is -2.27. The summed E-state index contributed by atoms with van der Waals surface area (Å²) >= 11 is 0. The van der Waals surface area contributed by atoms with Crippen LogP contribution in [-0.2, 0) is 6.54 Å². The van der Waals surface area contributed by atoms with Crippen LogP contribution in [-0.4, -0.2) is 31.3 Å². The lowest BCUT2D eigenvalue weighted by molar-refractivity contribution is 0.100. The molecule has 1 amide bonds. The van der Waals surface area contributed by atoms with Crippen molar-refractivity contribution in [2.45, 2.75) is 25.4 Å². The van der Waals surface area contributed by atoms with E-state index in [4.69, 9.17) is 15.7 Å². The summed E-state index contributed by atoms with van der Waals surface area (Å²) in [6.07, 6.45) is 9.86. The zero-order valence-corrected chi connectivity index (χ0v) is 19.1. The second kappa shape index (κ2) is 8.68. The van der Waals surface area contributed by atoms with Gasteiger partial charge in [0.25, 0.3) is 0 Å². The highest BCUT2D eigenvalue weighted by molar-refractivity contribution is 5.93. The normalized spacial score (nSPS) is 13.1. The van der Waals surface area contributed by atoms with Gasteiger partial charge in [-0.3, -0.25) is 14.2 Å². The second-order valence-electron chi connectivity index (χ2n) is 8.81. The Morgan fingerprint density at radius 2 is 1.77 bits per heavy atom. The molecule has 0 aliphatic heterocycles. The Labute approximate surface area is 202 Å². The maximum absolute atomic E-state index is 11.5. The van der Waals surface area contributed by atoms with E-state index in [-0.39, 0.29) is 0 Å². The van der Waals surface area contributed by atoms with E-state index in [0.717, 1.165) is 58.9 Å². The van der Waals surface area contributed by atoms with E-state index in [9.17, 15) is 4.79 Å². The van der Waals surface area contributed by atoms with Crippen molar-refractivity contribution in [2.75, 3.05) is 4.90 Å². The van der Waals surface area contributed by atoms with Crippen LogP contribution >= 0.6 is 0 Å². The zero-order chi connectivity index (χ0) is 23.8. The Hall–Kier alpha value is -4.52. The first-order valence-corrected chi connectivity index (χ1v) is 11.7. The molecule has 2 N–H and O–H groups in total. The lowest BCUT2D eigenvalue weighted by Gasteiger charge is -2.25. The number of anilines is 1. The number of carbonyl (C=O) groups excluding carboxylic acids is 1. The minimum absolute atomic E-state index is 0.424. The fraction of sp³-hybridized carbons (Fsp3) is 0.143. The average molecular weight is 461 g/mol. The number of primary amides is 1. The van der Waals surface area contributed by atoms with Gasteiger partial charge in [0.1, 0.15) is 0 Å². The van der Waals surface area contributed by atoms with Crippen LogP contribution in [0.1, 0.15) is 28.8 Å². The topological polar surface area (TPSA) is 89.4 Å². The second-order valence-corrected chi connectivity index (χ2v) is 8.81. The summed E-state index contributed by atoms with van der Waals surface area (Å²) in [5.74, 6) is 0.417. The molecule has 3 heterocycles. The molecule has 6 rings (SSSR count). The molecular formula is C28H24N6O. The first kappa shape index (κ1) is 21.0. The van der Waals surface area contributed by atoms with E-state index in [1.165, 1.54) is 0 Å². The molecule has 0 radical (unpaired) electrons. The number of rotatable bonds is 7. The number of pyridine rings is 1. The maximum atomic E-state index is 11.5. The molecule has 1 saturated carbocycles. The zero-order valence-electron chi connectivity index (χ0n) is 19.1. The van der Waals surface area contributed by atoms with Gasteiger partial charge in [0.05, 0.1) is 17.6 Å². The van der Waals surface area contributed by atoms with E-state index in [1.807, 2.05) is 55.0 Å². The van der Waals surface area contributed by atoms with Crippen molar-refractivity contribution in [3.05, 3.63) is 103 Å². The predicted octanol–water partition coefficient (Wildman–Crippen LogP) is 4.73. The molecule has 0 saturated heterocycles. The SMILES string of the molecule is NC(=O)c1ccc(-c2cnc3c(N(Cc4cccnc4)C4CC4)nc(-c4ccccc4)cn23)cc1. The molecule has 5 aromatic rings. The number of amides is 1. The van der Waals surface area contributed by atoms with Crippen molar-refractivity contribution < 1.29 is 4.79 Å². The summed E-state index contributed by atoms with van der Waals surface area (Å²) in [5, 5.41) is 0. The smallest absolute Gasteiger partial charge is 0.248 e. The predicted molar refractivity (Wildman–Crippen MR) is 136 cm³/mol. The first-order chi connectivity index (χ1) is 17.2. The van der Waals surface area contributed by atoms with Crippen molar-refractivity contribution in [1.82, 2.24) is 19.4 Å². The van der Waals surface area contributed by atoms with Crippen LogP contribution in [0.15, 0.2) is 91.5 Å². The molecule has 1 aliphatic carbocycles. The van der Waals surface area contributed by atoms with Gasteiger partial charge >= 0.3 is 0 Å². The van der Waals surface area contributed by atoms with Crippen molar-refractivity contribution >= 4 is 17.4 Å². The third-order valence-corrected chi connectivity index (χ3v) is 6.34. The van der Waals surface area contributed by atoms with Crippen molar-refractivity contribution in [2.24, 2.45) is 5.73 Å². The van der Waals surface area contributed by atoms with Crippen LogP contribution in [0, 0.1) is 0 Å². The molecule has 35 heavy (non-hydrogen) atoms. The number of hydrogen-bond donors (Lipinski definition) is 1. The number of aromatic nitrogens is 4. The number of nitrogens with zero attached hydrogens (tertiary/aromatic N) is 5. The van der Waals surface area contributed by atoms with Gasteiger partial charge in [-0.25, -0.2) is 9.97 Å². The molecule has 3 aromatic heterocycles. The third kappa shape index (κ3) is 4.12. The van der Waals surface area contributed by atoms with Gasteiger partial charge in [-0.05, 0) is 36.6 Å². The Kier molecular flexibility index (Phi) is 5.22. The van der Waals surface area contributed by atoms with Gasteiger partial charge in [-0.1, -0.05) is 48.5 Å². The molecule has 0 unspecified atom stereocenters. The van der Waals surface area contributed by atoms with E-state index >= 15 is 0 Å². The average Bonchev–Trinajstić information content (AvgIpc) is 3.66.